The molecule has 1 heterocycles. The van der Waals surface area contributed by atoms with E-state index in [2.05, 4.69) is 0 Å². The lowest BCUT2D eigenvalue weighted by Gasteiger charge is -2.13. The molecule has 1 N–H and O–H groups in total. The molecule has 0 bridgehead atoms. The molecule has 42 valence electrons. The summed E-state index contributed by atoms with van der Waals surface area (Å²) in [6.45, 7) is 0.895. The van der Waals surface area contributed by atoms with Gasteiger partial charge in [-0.2, -0.15) is 0 Å². The number of hydrogen-bond donors (Lipinski definition) is 1. The van der Waals surface area contributed by atoms with Crippen LogP contribution in [0.25, 0.3) is 0 Å². The Balaban J connectivity index is 2.12. The van der Waals surface area contributed by atoms with Gasteiger partial charge in [0.1, 0.15) is 9.28 Å². The van der Waals surface area contributed by atoms with Gasteiger partial charge >= 0.3 is 0 Å². The molecule has 0 amide bonds. The van der Waals surface area contributed by atoms with E-state index < -0.39 is 8.56 Å². The second kappa shape index (κ2) is 2.78. The Hall–Kier alpha value is 0.571. The first kappa shape index (κ1) is 5.70. The second-order valence-electron chi connectivity index (χ2n) is 1.84. The Kier molecular flexibility index (Phi) is 2.26. The van der Waals surface area contributed by atoms with Gasteiger partial charge in [0.2, 0.25) is 0 Å². The summed E-state index contributed by atoms with van der Waals surface area (Å²) in [6, 6.07) is 1.05. The minimum absolute atomic E-state index is 0.0440. The lowest BCUT2D eigenvalue weighted by atomic mass is 10.9. The minimum atomic E-state index is -1.02. The molecule has 7 heavy (non-hydrogen) atoms. The molecular formula is C2H10O2Si3. The van der Waals surface area contributed by atoms with E-state index in [1.165, 1.54) is 0 Å². The van der Waals surface area contributed by atoms with Crippen molar-refractivity contribution in [2.45, 2.75) is 6.04 Å². The maximum atomic E-state index is 9.06. The highest BCUT2D eigenvalue weighted by Crippen LogP contribution is 1.92. The van der Waals surface area contributed by atoms with Crippen LogP contribution in [0.1, 0.15) is 0 Å². The average molecular weight is 150 g/mol. The van der Waals surface area contributed by atoms with E-state index >= 15 is 0 Å². The average Bonchev–Trinajstić information content (AvgIpc) is 1.69. The summed E-state index contributed by atoms with van der Waals surface area (Å²) in [5.41, 5.74) is 0. The van der Waals surface area contributed by atoms with E-state index in [9.17, 15) is 0 Å². The van der Waals surface area contributed by atoms with Gasteiger partial charge in [-0.05, 0) is 6.04 Å². The Morgan fingerprint density at radius 3 is 2.86 bits per heavy atom. The van der Waals surface area contributed by atoms with Crippen molar-refractivity contribution in [3.05, 3.63) is 0 Å². The summed E-state index contributed by atoms with van der Waals surface area (Å²) in [4.78, 5) is 9.06. The van der Waals surface area contributed by atoms with Crippen LogP contribution in [0, 0.1) is 0 Å². The van der Waals surface area contributed by atoms with Crippen LogP contribution in [0.3, 0.4) is 0 Å². The highest BCUT2D eigenvalue weighted by atomic mass is 29.6. The summed E-state index contributed by atoms with van der Waals surface area (Å²) >= 11 is 0. The van der Waals surface area contributed by atoms with Crippen LogP contribution in [0.4, 0.5) is 0 Å². The molecule has 2 nitrogen and oxygen atoms in total. The van der Waals surface area contributed by atoms with Gasteiger partial charge in [0.05, 0.1) is 8.55 Å². The van der Waals surface area contributed by atoms with E-state index in [4.69, 9.17) is 9.22 Å². The molecule has 1 atom stereocenters. The fourth-order valence-electron chi connectivity index (χ4n) is 0.685. The summed E-state index contributed by atoms with van der Waals surface area (Å²) < 4.78 is 5.22. The summed E-state index contributed by atoms with van der Waals surface area (Å²) in [6.07, 6.45) is 0. The molecule has 1 saturated heterocycles. The lowest BCUT2D eigenvalue weighted by molar-refractivity contribution is 0.360. The zero-order chi connectivity index (χ0) is 5.11. The third kappa shape index (κ3) is 1.87. The SMILES string of the molecule is O[SiH]1CCO[SiH2][SiH2]1. The van der Waals surface area contributed by atoms with Crippen LogP contribution in [-0.4, -0.2) is 37.8 Å². The maximum absolute atomic E-state index is 9.06. The molecule has 0 aliphatic carbocycles. The molecule has 0 radical (unpaired) electrons. The summed E-state index contributed by atoms with van der Waals surface area (Å²) in [5.74, 6) is 0. The number of hydrogen-bond acceptors (Lipinski definition) is 2. The van der Waals surface area contributed by atoms with Crippen LogP contribution < -0.4 is 0 Å². The molecule has 1 unspecified atom stereocenters. The molecule has 0 aromatic carbocycles. The van der Waals surface area contributed by atoms with Crippen molar-refractivity contribution in [1.82, 2.24) is 0 Å². The minimum Gasteiger partial charge on any atom is -0.438 e. The largest absolute Gasteiger partial charge is 0.438 e. The van der Waals surface area contributed by atoms with Crippen LogP contribution >= 0.6 is 0 Å². The van der Waals surface area contributed by atoms with E-state index in [0.29, 0.717) is 0 Å². The van der Waals surface area contributed by atoms with Gasteiger partial charge in [-0.3, -0.25) is 0 Å². The predicted molar refractivity (Wildman–Crippen MR) is 37.2 cm³/mol. The first-order valence-electron chi connectivity index (χ1n) is 2.65. The molecule has 0 aromatic rings. The molecule has 5 heteroatoms. The fourth-order valence-corrected chi connectivity index (χ4v) is 12.4. The Labute approximate surface area is 49.0 Å². The van der Waals surface area contributed by atoms with E-state index in [-0.39, 0.29) is 17.8 Å². The Morgan fingerprint density at radius 2 is 2.57 bits per heavy atom. The third-order valence-electron chi connectivity index (χ3n) is 1.19. The van der Waals surface area contributed by atoms with Gasteiger partial charge in [-0.15, -0.1) is 0 Å². The van der Waals surface area contributed by atoms with Gasteiger partial charge in [0.15, 0.2) is 8.56 Å². The fraction of sp³-hybridized carbons (Fsp3) is 1.00. The van der Waals surface area contributed by atoms with Gasteiger partial charge in [-0.1, -0.05) is 0 Å². The quantitative estimate of drug-likeness (QED) is 0.384. The van der Waals surface area contributed by atoms with Crippen molar-refractivity contribution in [2.75, 3.05) is 6.61 Å². The zero-order valence-corrected chi connectivity index (χ0v) is 8.24. The molecule has 0 aromatic heterocycles. The molecule has 1 aliphatic heterocycles. The summed E-state index contributed by atoms with van der Waals surface area (Å²) in [5, 5.41) is 0. The van der Waals surface area contributed by atoms with E-state index in [1.54, 1.807) is 0 Å². The van der Waals surface area contributed by atoms with Crippen LogP contribution in [0.15, 0.2) is 0 Å². The van der Waals surface area contributed by atoms with E-state index in [0.717, 1.165) is 12.7 Å². The predicted octanol–water partition coefficient (Wildman–Crippen LogP) is -2.60. The van der Waals surface area contributed by atoms with Gasteiger partial charge in [0, 0.05) is 6.61 Å². The van der Waals surface area contributed by atoms with Crippen LogP contribution in [0.2, 0.25) is 6.04 Å². The van der Waals surface area contributed by atoms with Gasteiger partial charge < -0.3 is 9.22 Å². The number of rotatable bonds is 0. The van der Waals surface area contributed by atoms with Gasteiger partial charge in [-0.25, -0.2) is 0 Å². The Morgan fingerprint density at radius 1 is 1.71 bits per heavy atom. The first-order valence-corrected chi connectivity index (χ1v) is 11.8. The molecule has 1 fully saturated rings. The Bertz CT molecular complexity index is 52.9. The van der Waals surface area contributed by atoms with Crippen molar-refractivity contribution in [3.63, 3.8) is 0 Å². The molecule has 0 spiro atoms. The maximum Gasteiger partial charge on any atom is 0.155 e. The highest BCUT2D eigenvalue weighted by Gasteiger charge is 2.12. The molecule has 1 aliphatic rings. The van der Waals surface area contributed by atoms with Crippen molar-refractivity contribution >= 4 is 26.4 Å². The van der Waals surface area contributed by atoms with Crippen LogP contribution in [-0.2, 0) is 4.43 Å². The smallest absolute Gasteiger partial charge is 0.155 e. The topological polar surface area (TPSA) is 29.5 Å². The van der Waals surface area contributed by atoms with E-state index in [1.807, 2.05) is 0 Å². The summed E-state index contributed by atoms with van der Waals surface area (Å²) in [7, 11) is -1.06. The standard InChI is InChI=1S/C2H10O2Si3/c3-7-2-1-4-5-6-7/h3,7H,1-2,5-6H2. The van der Waals surface area contributed by atoms with Crippen molar-refractivity contribution in [3.8, 4) is 0 Å². The molecule has 0 saturated carbocycles. The lowest BCUT2D eigenvalue weighted by Crippen LogP contribution is -2.35. The van der Waals surface area contributed by atoms with Crippen molar-refractivity contribution in [1.29, 1.82) is 0 Å². The highest BCUT2D eigenvalue weighted by molar-refractivity contribution is 7.32. The monoisotopic (exact) mass is 150 g/mol. The van der Waals surface area contributed by atoms with Gasteiger partial charge in [0.25, 0.3) is 0 Å². The normalized spacial score (nSPS) is 39.9. The third-order valence-corrected chi connectivity index (χ3v) is 16.5. The van der Waals surface area contributed by atoms with Crippen molar-refractivity contribution in [2.24, 2.45) is 0 Å². The van der Waals surface area contributed by atoms with Crippen LogP contribution in [0.5, 0.6) is 0 Å². The second-order valence-corrected chi connectivity index (χ2v) is 16.1. The first-order chi connectivity index (χ1) is 3.39. The molecule has 1 rings (SSSR count). The zero-order valence-electron chi connectivity index (χ0n) is 4.26. The molecular weight excluding hydrogens is 140 g/mol. The van der Waals surface area contributed by atoms with Crippen molar-refractivity contribution < 1.29 is 9.22 Å².